The predicted molar refractivity (Wildman–Crippen MR) is 48.4 cm³/mol. The summed E-state index contributed by atoms with van der Waals surface area (Å²) >= 11 is 0. The van der Waals surface area contributed by atoms with Crippen molar-refractivity contribution in [3.63, 3.8) is 0 Å². The Morgan fingerprint density at radius 3 is 2.00 bits per heavy atom. The molecule has 0 unspecified atom stereocenters. The maximum absolute atomic E-state index is 5.59. The summed E-state index contributed by atoms with van der Waals surface area (Å²) in [6, 6.07) is 0.484. The van der Waals surface area contributed by atoms with E-state index in [2.05, 4.69) is 34.6 Å². The molecule has 0 aromatic heterocycles. The van der Waals surface area contributed by atoms with Crippen molar-refractivity contribution in [1.82, 2.24) is 5.06 Å². The van der Waals surface area contributed by atoms with Gasteiger partial charge in [-0.25, -0.2) is 0 Å². The Morgan fingerprint density at radius 2 is 1.73 bits per heavy atom. The van der Waals surface area contributed by atoms with Gasteiger partial charge in [-0.05, 0) is 34.1 Å². The molecule has 0 aliphatic heterocycles. The molecule has 0 aliphatic rings. The van der Waals surface area contributed by atoms with Gasteiger partial charge in [-0.1, -0.05) is 6.92 Å². The molecule has 0 aromatic carbocycles. The average Bonchev–Trinajstić information content (AvgIpc) is 1.86. The standard InChI is InChI=1S/C9H21NO/c1-6-7-10(8(2)3)11-9(4)5/h8-9H,6-7H2,1-5H3. The first kappa shape index (κ1) is 10.9. The first-order chi connectivity index (χ1) is 5.07. The molecule has 0 heterocycles. The molecule has 0 radical (unpaired) electrons. The number of nitrogens with zero attached hydrogens (tertiary/aromatic N) is 1. The third-order valence-electron chi connectivity index (χ3n) is 1.37. The van der Waals surface area contributed by atoms with Crippen molar-refractivity contribution in [2.45, 2.75) is 53.2 Å². The summed E-state index contributed by atoms with van der Waals surface area (Å²) < 4.78 is 0. The molecule has 0 saturated carbocycles. The molecule has 0 rings (SSSR count). The van der Waals surface area contributed by atoms with Gasteiger partial charge in [-0.3, -0.25) is 4.84 Å². The Hall–Kier alpha value is -0.0800. The van der Waals surface area contributed by atoms with Crippen LogP contribution in [0.5, 0.6) is 0 Å². The highest BCUT2D eigenvalue weighted by Crippen LogP contribution is 2.03. The summed E-state index contributed by atoms with van der Waals surface area (Å²) in [5.74, 6) is 0. The summed E-state index contributed by atoms with van der Waals surface area (Å²) in [4.78, 5) is 5.59. The lowest BCUT2D eigenvalue weighted by molar-refractivity contribution is -0.205. The van der Waals surface area contributed by atoms with Crippen LogP contribution in [-0.4, -0.2) is 23.8 Å². The SMILES string of the molecule is CCCN(OC(C)C)C(C)C. The highest BCUT2D eigenvalue weighted by molar-refractivity contribution is 4.51. The summed E-state index contributed by atoms with van der Waals surface area (Å²) in [6.07, 6.45) is 1.44. The van der Waals surface area contributed by atoms with Gasteiger partial charge in [0.05, 0.1) is 6.10 Å². The minimum Gasteiger partial charge on any atom is -0.296 e. The average molecular weight is 159 g/mol. The van der Waals surface area contributed by atoms with Crippen molar-refractivity contribution >= 4 is 0 Å². The molecule has 2 heteroatoms. The van der Waals surface area contributed by atoms with E-state index in [-0.39, 0.29) is 0 Å². The van der Waals surface area contributed by atoms with E-state index in [1.807, 2.05) is 5.06 Å². The van der Waals surface area contributed by atoms with Crippen LogP contribution < -0.4 is 0 Å². The van der Waals surface area contributed by atoms with Crippen LogP contribution in [0.15, 0.2) is 0 Å². The third-order valence-corrected chi connectivity index (χ3v) is 1.37. The van der Waals surface area contributed by atoms with Crippen molar-refractivity contribution in [2.24, 2.45) is 0 Å². The number of hydroxylamine groups is 2. The molecular weight excluding hydrogens is 138 g/mol. The fourth-order valence-electron chi connectivity index (χ4n) is 0.924. The van der Waals surface area contributed by atoms with Crippen LogP contribution in [0.4, 0.5) is 0 Å². The second-order valence-corrected chi connectivity index (χ2v) is 3.39. The van der Waals surface area contributed by atoms with Gasteiger partial charge in [0.1, 0.15) is 0 Å². The molecular formula is C9H21NO. The second-order valence-electron chi connectivity index (χ2n) is 3.39. The van der Waals surface area contributed by atoms with E-state index in [9.17, 15) is 0 Å². The molecule has 2 nitrogen and oxygen atoms in total. The monoisotopic (exact) mass is 159 g/mol. The molecule has 0 aromatic rings. The van der Waals surface area contributed by atoms with E-state index in [0.717, 1.165) is 13.0 Å². The van der Waals surface area contributed by atoms with Gasteiger partial charge in [0.15, 0.2) is 0 Å². The fraction of sp³-hybridized carbons (Fsp3) is 1.00. The zero-order valence-electron chi connectivity index (χ0n) is 8.42. The normalized spacial score (nSPS) is 12.0. The van der Waals surface area contributed by atoms with Crippen LogP contribution in [0.3, 0.4) is 0 Å². The van der Waals surface area contributed by atoms with Gasteiger partial charge >= 0.3 is 0 Å². The lowest BCUT2D eigenvalue weighted by Crippen LogP contribution is -2.34. The lowest BCUT2D eigenvalue weighted by Gasteiger charge is -2.27. The lowest BCUT2D eigenvalue weighted by atomic mass is 10.3. The Balaban J connectivity index is 3.69. The molecule has 0 saturated heterocycles. The molecule has 0 spiro atoms. The van der Waals surface area contributed by atoms with Crippen molar-refractivity contribution in [2.75, 3.05) is 6.54 Å². The third kappa shape index (κ3) is 5.22. The summed E-state index contributed by atoms with van der Waals surface area (Å²) in [5, 5.41) is 2.05. The Labute approximate surface area is 70.5 Å². The van der Waals surface area contributed by atoms with Gasteiger partial charge in [0, 0.05) is 12.6 Å². The Kier molecular flexibility index (Phi) is 5.51. The minimum atomic E-state index is 0.295. The first-order valence-corrected chi connectivity index (χ1v) is 4.51. The molecule has 0 amide bonds. The molecule has 0 fully saturated rings. The van der Waals surface area contributed by atoms with E-state index in [1.165, 1.54) is 0 Å². The van der Waals surface area contributed by atoms with Crippen molar-refractivity contribution in [3.8, 4) is 0 Å². The zero-order chi connectivity index (χ0) is 8.85. The molecule has 0 bridgehead atoms. The van der Waals surface area contributed by atoms with E-state index >= 15 is 0 Å². The maximum Gasteiger partial charge on any atom is 0.0737 e. The largest absolute Gasteiger partial charge is 0.296 e. The summed E-state index contributed by atoms with van der Waals surface area (Å²) in [6.45, 7) is 11.6. The number of hydrogen-bond acceptors (Lipinski definition) is 2. The smallest absolute Gasteiger partial charge is 0.0737 e. The topological polar surface area (TPSA) is 12.5 Å². The zero-order valence-corrected chi connectivity index (χ0v) is 8.42. The van der Waals surface area contributed by atoms with Gasteiger partial charge < -0.3 is 0 Å². The van der Waals surface area contributed by atoms with E-state index in [0.29, 0.717) is 12.1 Å². The van der Waals surface area contributed by atoms with Gasteiger partial charge in [0.2, 0.25) is 0 Å². The molecule has 68 valence electrons. The van der Waals surface area contributed by atoms with Crippen LogP contribution in [0.2, 0.25) is 0 Å². The second kappa shape index (κ2) is 5.56. The van der Waals surface area contributed by atoms with Crippen molar-refractivity contribution in [3.05, 3.63) is 0 Å². The van der Waals surface area contributed by atoms with E-state index < -0.39 is 0 Å². The van der Waals surface area contributed by atoms with Gasteiger partial charge in [-0.2, -0.15) is 5.06 Å². The number of rotatable bonds is 5. The van der Waals surface area contributed by atoms with Crippen molar-refractivity contribution in [1.29, 1.82) is 0 Å². The summed E-state index contributed by atoms with van der Waals surface area (Å²) in [7, 11) is 0. The maximum atomic E-state index is 5.59. The quantitative estimate of drug-likeness (QED) is 0.571. The number of hydrogen-bond donors (Lipinski definition) is 0. The van der Waals surface area contributed by atoms with Gasteiger partial charge in [0.25, 0.3) is 0 Å². The van der Waals surface area contributed by atoms with Crippen LogP contribution in [0, 0.1) is 0 Å². The Bertz CT molecular complexity index is 91.6. The highest BCUT2D eigenvalue weighted by Gasteiger charge is 2.09. The highest BCUT2D eigenvalue weighted by atomic mass is 16.7. The summed E-state index contributed by atoms with van der Waals surface area (Å²) in [5.41, 5.74) is 0. The van der Waals surface area contributed by atoms with Crippen molar-refractivity contribution < 1.29 is 4.84 Å². The van der Waals surface area contributed by atoms with Gasteiger partial charge in [-0.15, -0.1) is 0 Å². The minimum absolute atomic E-state index is 0.295. The molecule has 11 heavy (non-hydrogen) atoms. The fourth-order valence-corrected chi connectivity index (χ4v) is 0.924. The molecule has 0 N–H and O–H groups in total. The molecule has 0 aliphatic carbocycles. The van der Waals surface area contributed by atoms with E-state index in [1.54, 1.807) is 0 Å². The van der Waals surface area contributed by atoms with Crippen LogP contribution >= 0.6 is 0 Å². The Morgan fingerprint density at radius 1 is 1.18 bits per heavy atom. The van der Waals surface area contributed by atoms with E-state index in [4.69, 9.17) is 4.84 Å². The van der Waals surface area contributed by atoms with Crippen LogP contribution in [-0.2, 0) is 4.84 Å². The first-order valence-electron chi connectivity index (χ1n) is 4.51. The van der Waals surface area contributed by atoms with Crippen LogP contribution in [0.1, 0.15) is 41.0 Å². The molecule has 0 atom stereocenters. The van der Waals surface area contributed by atoms with Crippen LogP contribution in [0.25, 0.3) is 0 Å². The predicted octanol–water partition coefficient (Wildman–Crippen LogP) is 2.45.